The first-order chi connectivity index (χ1) is 16.9. The van der Waals surface area contributed by atoms with Crippen molar-refractivity contribution in [3.05, 3.63) is 89.2 Å². The number of carbonyl (C=O) groups is 2. The number of ether oxygens (including phenoxy) is 1. The molecule has 0 aromatic heterocycles. The fourth-order valence-corrected chi connectivity index (χ4v) is 4.12. The Morgan fingerprint density at radius 3 is 2.23 bits per heavy atom. The molecule has 5 rings (SSSR count). The average molecular weight is 478 g/mol. The molecule has 1 aliphatic carbocycles. The summed E-state index contributed by atoms with van der Waals surface area (Å²) in [5.41, 5.74) is 3.09. The van der Waals surface area contributed by atoms with Crippen molar-refractivity contribution in [3.63, 3.8) is 0 Å². The van der Waals surface area contributed by atoms with Crippen LogP contribution in [0.1, 0.15) is 29.5 Å². The number of carboxylic acids is 1. The lowest BCUT2D eigenvalue weighted by atomic mass is 9.89. The topological polar surface area (TPSA) is 87.1 Å². The second-order valence-corrected chi connectivity index (χ2v) is 8.82. The maximum atomic E-state index is 14.4. The van der Waals surface area contributed by atoms with E-state index in [1.807, 2.05) is 36.4 Å². The number of carboxylic acid groups (broad SMARTS) is 2. The fourth-order valence-electron chi connectivity index (χ4n) is 4.12. The minimum atomic E-state index is -1.05. The average Bonchev–Trinajstić information content (AvgIpc) is 3.69. The van der Waals surface area contributed by atoms with Crippen LogP contribution in [0.5, 0.6) is 5.75 Å². The van der Waals surface area contributed by atoms with Crippen molar-refractivity contribution in [2.75, 3.05) is 13.2 Å². The zero-order valence-corrected chi connectivity index (χ0v) is 19.3. The standard InChI is InChI=1S/C22H22FNO5.C6H6/c23-19-5-4-15(18-11-24(22(27)28)8-7-16(18)19)17-9-14(10-21(25)26)3-6-20(17)29-12-13-1-2-13;1-2-4-6-5-3-1/h3-6,9,13H,1-2,7-8,10-12H2,(H,25,26)(H,27,28);1-6H. The molecule has 0 radical (unpaired) electrons. The van der Waals surface area contributed by atoms with E-state index >= 15 is 0 Å². The summed E-state index contributed by atoms with van der Waals surface area (Å²) in [5.74, 6) is -0.157. The Kier molecular flexibility index (Phi) is 7.65. The zero-order valence-electron chi connectivity index (χ0n) is 19.3. The number of benzene rings is 3. The van der Waals surface area contributed by atoms with Crippen molar-refractivity contribution in [2.24, 2.45) is 5.92 Å². The molecular weight excluding hydrogens is 449 g/mol. The van der Waals surface area contributed by atoms with Crippen LogP contribution in [-0.2, 0) is 24.2 Å². The predicted molar refractivity (Wildman–Crippen MR) is 130 cm³/mol. The van der Waals surface area contributed by atoms with Gasteiger partial charge in [0.05, 0.1) is 13.0 Å². The van der Waals surface area contributed by atoms with Crippen LogP contribution in [0.2, 0.25) is 0 Å². The Morgan fingerprint density at radius 1 is 0.943 bits per heavy atom. The number of amides is 1. The molecule has 1 aliphatic heterocycles. The molecule has 0 unspecified atom stereocenters. The van der Waals surface area contributed by atoms with Gasteiger partial charge in [-0.05, 0) is 65.6 Å². The molecule has 0 saturated heterocycles. The Bertz CT molecular complexity index is 1170. The third-order valence-corrected chi connectivity index (χ3v) is 6.15. The van der Waals surface area contributed by atoms with Crippen LogP contribution >= 0.6 is 0 Å². The van der Waals surface area contributed by atoms with Crippen molar-refractivity contribution >= 4 is 12.1 Å². The van der Waals surface area contributed by atoms with E-state index < -0.39 is 12.1 Å². The highest BCUT2D eigenvalue weighted by atomic mass is 19.1. The normalized spacial score (nSPS) is 14.4. The Balaban J connectivity index is 0.000000421. The molecule has 3 aromatic rings. The summed E-state index contributed by atoms with van der Waals surface area (Å²) in [6, 6.07) is 20.2. The van der Waals surface area contributed by atoms with Crippen LogP contribution in [-0.4, -0.2) is 40.3 Å². The molecule has 1 heterocycles. The van der Waals surface area contributed by atoms with Crippen LogP contribution in [0, 0.1) is 11.7 Å². The molecule has 7 heteroatoms. The van der Waals surface area contributed by atoms with Gasteiger partial charge in [0, 0.05) is 18.7 Å². The van der Waals surface area contributed by atoms with Gasteiger partial charge in [0.25, 0.3) is 0 Å². The Morgan fingerprint density at radius 2 is 1.63 bits per heavy atom. The van der Waals surface area contributed by atoms with Crippen molar-refractivity contribution in [3.8, 4) is 16.9 Å². The molecule has 0 atom stereocenters. The van der Waals surface area contributed by atoms with Crippen molar-refractivity contribution < 1.29 is 28.9 Å². The van der Waals surface area contributed by atoms with Crippen molar-refractivity contribution in [1.29, 1.82) is 0 Å². The first-order valence-electron chi connectivity index (χ1n) is 11.7. The van der Waals surface area contributed by atoms with Crippen LogP contribution < -0.4 is 4.74 Å². The van der Waals surface area contributed by atoms with E-state index in [0.29, 0.717) is 52.5 Å². The molecule has 2 aliphatic rings. The summed E-state index contributed by atoms with van der Waals surface area (Å²) in [4.78, 5) is 23.9. The molecule has 35 heavy (non-hydrogen) atoms. The van der Waals surface area contributed by atoms with Crippen molar-refractivity contribution in [1.82, 2.24) is 4.90 Å². The SMILES string of the molecule is O=C(O)Cc1ccc(OCC2CC2)c(-c2ccc(F)c3c2CN(C(=O)O)CC3)c1.c1ccccc1. The minimum absolute atomic E-state index is 0.0863. The quantitative estimate of drug-likeness (QED) is 0.480. The number of nitrogens with zero attached hydrogens (tertiary/aromatic N) is 1. The van der Waals surface area contributed by atoms with Gasteiger partial charge in [-0.15, -0.1) is 0 Å². The zero-order chi connectivity index (χ0) is 24.8. The monoisotopic (exact) mass is 477 g/mol. The van der Waals surface area contributed by atoms with Crippen molar-refractivity contribution in [2.45, 2.75) is 32.2 Å². The molecule has 1 fully saturated rings. The summed E-state index contributed by atoms with van der Waals surface area (Å²) in [6.07, 6.45) is 1.38. The number of hydrogen-bond acceptors (Lipinski definition) is 3. The minimum Gasteiger partial charge on any atom is -0.493 e. The van der Waals surface area contributed by atoms with Gasteiger partial charge in [0.2, 0.25) is 0 Å². The summed E-state index contributed by atoms with van der Waals surface area (Å²) in [5, 5.41) is 18.5. The van der Waals surface area contributed by atoms with Gasteiger partial charge in [-0.3, -0.25) is 4.79 Å². The molecule has 0 bridgehead atoms. The maximum absolute atomic E-state index is 14.4. The molecule has 2 N–H and O–H groups in total. The van der Waals surface area contributed by atoms with E-state index in [2.05, 4.69) is 0 Å². The lowest BCUT2D eigenvalue weighted by molar-refractivity contribution is -0.136. The van der Waals surface area contributed by atoms with Crippen LogP contribution in [0.3, 0.4) is 0 Å². The summed E-state index contributed by atoms with van der Waals surface area (Å²) in [6.45, 7) is 0.908. The molecule has 1 saturated carbocycles. The van der Waals surface area contributed by atoms with Crippen LogP contribution in [0.4, 0.5) is 9.18 Å². The summed E-state index contributed by atoms with van der Waals surface area (Å²) in [7, 11) is 0. The maximum Gasteiger partial charge on any atom is 0.407 e. The second-order valence-electron chi connectivity index (χ2n) is 8.82. The van der Waals surface area contributed by atoms with Gasteiger partial charge in [-0.25, -0.2) is 9.18 Å². The highest BCUT2D eigenvalue weighted by Crippen LogP contribution is 2.39. The van der Waals surface area contributed by atoms with E-state index in [1.165, 1.54) is 11.0 Å². The summed E-state index contributed by atoms with van der Waals surface area (Å²) >= 11 is 0. The Hall–Kier alpha value is -3.87. The molecule has 1 amide bonds. The first-order valence-corrected chi connectivity index (χ1v) is 11.7. The molecule has 3 aromatic carbocycles. The van der Waals surface area contributed by atoms with Crippen LogP contribution in [0.15, 0.2) is 66.7 Å². The predicted octanol–water partition coefficient (Wildman–Crippen LogP) is 5.63. The highest BCUT2D eigenvalue weighted by molar-refractivity contribution is 5.78. The number of rotatable bonds is 6. The lowest BCUT2D eigenvalue weighted by Gasteiger charge is -2.29. The molecule has 6 nitrogen and oxygen atoms in total. The van der Waals surface area contributed by atoms with Gasteiger partial charge in [0.1, 0.15) is 11.6 Å². The summed E-state index contributed by atoms with van der Waals surface area (Å²) < 4.78 is 20.4. The number of fused-ring (bicyclic) bond motifs is 1. The van der Waals surface area contributed by atoms with E-state index in [0.717, 1.165) is 12.8 Å². The van der Waals surface area contributed by atoms with E-state index in [-0.39, 0.29) is 25.3 Å². The van der Waals surface area contributed by atoms with Gasteiger partial charge in [-0.2, -0.15) is 0 Å². The number of aliphatic carboxylic acids is 1. The highest BCUT2D eigenvalue weighted by Gasteiger charge is 2.27. The molecular formula is C28H28FNO5. The first kappa shape index (κ1) is 24.3. The largest absolute Gasteiger partial charge is 0.493 e. The fraction of sp³-hybridized carbons (Fsp3) is 0.286. The van der Waals surface area contributed by atoms with Gasteiger partial charge in [-0.1, -0.05) is 48.5 Å². The van der Waals surface area contributed by atoms with Gasteiger partial charge < -0.3 is 19.8 Å². The number of hydrogen-bond donors (Lipinski definition) is 2. The number of halogens is 1. The Labute approximate surface area is 203 Å². The third kappa shape index (κ3) is 6.38. The van der Waals surface area contributed by atoms with Crippen LogP contribution in [0.25, 0.3) is 11.1 Å². The molecule has 0 spiro atoms. The lowest BCUT2D eigenvalue weighted by Crippen LogP contribution is -2.35. The van der Waals surface area contributed by atoms with Gasteiger partial charge >= 0.3 is 12.1 Å². The smallest absolute Gasteiger partial charge is 0.407 e. The van der Waals surface area contributed by atoms with E-state index in [1.54, 1.807) is 24.3 Å². The van der Waals surface area contributed by atoms with E-state index in [9.17, 15) is 19.1 Å². The van der Waals surface area contributed by atoms with Gasteiger partial charge in [0.15, 0.2) is 0 Å². The van der Waals surface area contributed by atoms with E-state index in [4.69, 9.17) is 9.84 Å². The third-order valence-electron chi connectivity index (χ3n) is 6.15. The second kappa shape index (κ2) is 11.0. The molecule has 182 valence electrons.